The van der Waals surface area contributed by atoms with E-state index in [0.29, 0.717) is 17.4 Å². The third kappa shape index (κ3) is 62.6. The van der Waals surface area contributed by atoms with Crippen LogP contribution >= 0.6 is 7.82 Å². The molecule has 0 aliphatic rings. The molecule has 0 aromatic carbocycles. The topological polar surface area (TPSA) is 114 Å². The average Bonchev–Trinajstić information content (AvgIpc) is 3.44. The highest BCUT2D eigenvalue weighted by Gasteiger charge is 2.27. The monoisotopic (exact) mass is 1160 g/mol. The summed E-state index contributed by atoms with van der Waals surface area (Å²) in [5.74, 6) is -0.529. The molecule has 0 aliphatic heterocycles. The van der Waals surface area contributed by atoms with Gasteiger partial charge < -0.3 is 28.5 Å². The lowest BCUT2D eigenvalue weighted by Gasteiger charge is -2.30. The summed E-state index contributed by atoms with van der Waals surface area (Å²) in [7, 11) is 1.20. The van der Waals surface area contributed by atoms with Gasteiger partial charge in [-0.05, 0) is 83.1 Å². The van der Waals surface area contributed by atoms with E-state index < -0.39 is 20.0 Å². The molecule has 10 heteroatoms. The Hall–Kier alpha value is -1.77. The lowest BCUT2D eigenvalue weighted by Crippen LogP contribution is -2.47. The maximum absolute atomic E-state index is 13.6. The van der Waals surface area contributed by atoms with Crippen LogP contribution in [0.5, 0.6) is 0 Å². The van der Waals surface area contributed by atoms with Crippen LogP contribution in [0.4, 0.5) is 0 Å². The smallest absolute Gasteiger partial charge is 0.306 e. The largest absolute Gasteiger partial charge is 0.756 e. The lowest BCUT2D eigenvalue weighted by atomic mass is 10.0. The predicted molar refractivity (Wildman–Crippen MR) is 349 cm³/mol. The minimum atomic E-state index is -4.70. The normalized spacial score (nSPS) is 13.7. The second-order valence-electron chi connectivity index (χ2n) is 25.4. The Morgan fingerprint density at radius 3 is 1.05 bits per heavy atom. The molecule has 1 amide bonds. The number of unbranched alkanes of at least 4 members (excludes halogenated alkanes) is 45. The molecule has 0 aromatic heterocycles. The maximum Gasteiger partial charge on any atom is 0.306 e. The molecule has 0 saturated carbocycles. The number of amides is 1. The van der Waals surface area contributed by atoms with E-state index in [1.54, 1.807) is 0 Å². The number of nitrogens with one attached hydrogen (secondary N) is 1. The Bertz CT molecular complexity index is 1480. The molecule has 0 spiro atoms. The molecule has 3 unspecified atom stereocenters. The highest BCUT2D eigenvalue weighted by atomic mass is 31.2. The van der Waals surface area contributed by atoms with Gasteiger partial charge in [0.1, 0.15) is 19.3 Å². The van der Waals surface area contributed by atoms with Gasteiger partial charge in [0.15, 0.2) is 0 Å². The number of hydrogen-bond acceptors (Lipinski definition) is 7. The van der Waals surface area contributed by atoms with Crippen LogP contribution in [-0.4, -0.2) is 69.4 Å². The Kier molecular flexibility index (Phi) is 60.0. The Balaban J connectivity index is 4.95. The number of carbonyl (C=O) groups excluding carboxylic acids is 2. The van der Waals surface area contributed by atoms with Crippen molar-refractivity contribution in [3.63, 3.8) is 0 Å². The van der Waals surface area contributed by atoms with E-state index in [9.17, 15) is 19.0 Å². The third-order valence-corrected chi connectivity index (χ3v) is 17.0. The van der Waals surface area contributed by atoms with Gasteiger partial charge in [0.2, 0.25) is 5.91 Å². The molecular formula is C71H137N2O7P. The van der Waals surface area contributed by atoms with Crippen molar-refractivity contribution in [2.75, 3.05) is 40.9 Å². The molecule has 0 aliphatic carbocycles. The van der Waals surface area contributed by atoms with Gasteiger partial charge in [-0.15, -0.1) is 0 Å². The van der Waals surface area contributed by atoms with Crippen LogP contribution in [0.2, 0.25) is 0 Å². The molecule has 3 atom stereocenters. The van der Waals surface area contributed by atoms with E-state index in [0.717, 1.165) is 70.6 Å². The Morgan fingerprint density at radius 2 is 0.716 bits per heavy atom. The number of allylic oxidation sites excluding steroid dienone is 5. The summed E-state index contributed by atoms with van der Waals surface area (Å²) in [6.07, 6.45) is 75.6. The molecule has 9 nitrogen and oxygen atoms in total. The average molecular weight is 1160 g/mol. The van der Waals surface area contributed by atoms with E-state index in [1.165, 1.54) is 250 Å². The fourth-order valence-corrected chi connectivity index (χ4v) is 11.3. The summed E-state index contributed by atoms with van der Waals surface area (Å²) < 4.78 is 30.4. The number of carbonyl (C=O) groups is 2. The fraction of sp³-hybridized carbons (Fsp3) is 0.887. The van der Waals surface area contributed by atoms with Gasteiger partial charge in [0.25, 0.3) is 7.82 Å². The van der Waals surface area contributed by atoms with Crippen LogP contribution in [0.15, 0.2) is 36.5 Å². The first-order valence-electron chi connectivity index (χ1n) is 35.3. The van der Waals surface area contributed by atoms with Crippen molar-refractivity contribution in [1.82, 2.24) is 5.32 Å². The zero-order valence-electron chi connectivity index (χ0n) is 54.8. The Labute approximate surface area is 504 Å². The van der Waals surface area contributed by atoms with E-state index in [2.05, 4.69) is 50.4 Å². The van der Waals surface area contributed by atoms with E-state index >= 15 is 0 Å². The summed E-state index contributed by atoms with van der Waals surface area (Å²) in [5.41, 5.74) is 0. The molecule has 0 aromatic rings. The minimum Gasteiger partial charge on any atom is -0.756 e. The molecule has 81 heavy (non-hydrogen) atoms. The third-order valence-electron chi connectivity index (χ3n) is 16.0. The number of nitrogens with zero attached hydrogens (tertiary/aromatic N) is 1. The van der Waals surface area contributed by atoms with Crippen LogP contribution in [0, 0.1) is 0 Å². The van der Waals surface area contributed by atoms with Crippen molar-refractivity contribution in [2.45, 2.75) is 367 Å². The second-order valence-corrected chi connectivity index (χ2v) is 26.8. The van der Waals surface area contributed by atoms with E-state index in [1.807, 2.05) is 33.3 Å². The number of phosphoric ester groups is 1. The highest BCUT2D eigenvalue weighted by Crippen LogP contribution is 2.38. The number of rotatable bonds is 65. The van der Waals surface area contributed by atoms with E-state index in [4.69, 9.17) is 13.8 Å². The van der Waals surface area contributed by atoms with Crippen molar-refractivity contribution in [2.24, 2.45) is 0 Å². The number of ether oxygens (including phenoxy) is 1. The van der Waals surface area contributed by atoms with Crippen molar-refractivity contribution in [3.05, 3.63) is 36.5 Å². The van der Waals surface area contributed by atoms with Crippen molar-refractivity contribution in [3.8, 4) is 0 Å². The first-order chi connectivity index (χ1) is 39.4. The first kappa shape index (κ1) is 79.2. The molecule has 1 N–H and O–H groups in total. The molecule has 0 heterocycles. The quantitative estimate of drug-likeness (QED) is 0.0212. The number of esters is 1. The molecule has 0 bridgehead atoms. The van der Waals surface area contributed by atoms with Gasteiger partial charge in [-0.2, -0.15) is 0 Å². The van der Waals surface area contributed by atoms with Crippen LogP contribution in [0.25, 0.3) is 0 Å². The Morgan fingerprint density at radius 1 is 0.420 bits per heavy atom. The highest BCUT2D eigenvalue weighted by molar-refractivity contribution is 7.45. The SMILES string of the molecule is CCCCCCCC/C=C/CCCCCCCCCCCCCCCCCCCC(=O)OC(/C=C\CCCCCCCCCCC)C(COP(=O)([O-])OCC[N+](C)(C)C)NC(=O)CCCCCCCCC/C=C/CCCCCCCC. The summed E-state index contributed by atoms with van der Waals surface area (Å²) in [6.45, 7) is 6.88. The summed E-state index contributed by atoms with van der Waals surface area (Å²) in [5, 5.41) is 3.04. The maximum atomic E-state index is 13.6. The number of hydrogen-bond donors (Lipinski definition) is 1. The van der Waals surface area contributed by atoms with Gasteiger partial charge in [-0.1, -0.05) is 295 Å². The number of phosphoric acid groups is 1. The van der Waals surface area contributed by atoms with Gasteiger partial charge in [-0.25, -0.2) is 0 Å². The number of quaternary nitrogens is 1. The van der Waals surface area contributed by atoms with E-state index in [-0.39, 0.29) is 31.5 Å². The molecule has 0 saturated heterocycles. The lowest BCUT2D eigenvalue weighted by molar-refractivity contribution is -0.870. The van der Waals surface area contributed by atoms with Gasteiger partial charge in [0.05, 0.1) is 33.8 Å². The zero-order chi connectivity index (χ0) is 59.3. The first-order valence-corrected chi connectivity index (χ1v) is 36.8. The standard InChI is InChI=1S/C71H137N2O7P/c1-7-10-13-16-19-22-25-27-29-31-32-33-34-35-36-37-38-39-40-42-44-46-49-52-55-58-61-64-71(75)80-69(62-59-56-53-50-47-24-21-18-15-12-9-3)68(67-79-81(76,77)78-66-65-73(4,5)6)72-70(74)63-60-57-54-51-48-45-43-41-30-28-26-23-20-17-14-11-8-2/h27-30,59,62,68-69H,7-26,31-58,60-61,63-67H2,1-6H3,(H-,72,74,76,77)/b29-27+,30-28+,62-59-. The fourth-order valence-electron chi connectivity index (χ4n) is 10.6. The molecular weight excluding hydrogens is 1020 g/mol. The number of likely N-dealkylation sites (N-methyl/N-ethyl adjacent to an activating group) is 1. The van der Waals surface area contributed by atoms with Crippen LogP contribution in [-0.2, 0) is 27.9 Å². The molecule has 0 radical (unpaired) electrons. The van der Waals surface area contributed by atoms with Crippen LogP contribution in [0.1, 0.15) is 355 Å². The summed E-state index contributed by atoms with van der Waals surface area (Å²) in [6, 6.07) is -0.887. The van der Waals surface area contributed by atoms with Crippen molar-refractivity contribution in [1.29, 1.82) is 0 Å². The second kappa shape index (κ2) is 61.3. The minimum absolute atomic E-state index is 0.0206. The van der Waals surface area contributed by atoms with Crippen molar-refractivity contribution < 1.29 is 37.3 Å². The van der Waals surface area contributed by atoms with Crippen LogP contribution < -0.4 is 10.2 Å². The van der Waals surface area contributed by atoms with Gasteiger partial charge in [0, 0.05) is 12.8 Å². The predicted octanol–water partition coefficient (Wildman–Crippen LogP) is 21.6. The molecule has 0 rings (SSSR count). The van der Waals surface area contributed by atoms with Gasteiger partial charge in [-0.3, -0.25) is 14.2 Å². The van der Waals surface area contributed by atoms with Crippen LogP contribution in [0.3, 0.4) is 0 Å². The molecule has 0 fully saturated rings. The molecule has 478 valence electrons. The summed E-state index contributed by atoms with van der Waals surface area (Å²) in [4.78, 5) is 40.1. The van der Waals surface area contributed by atoms with Crippen molar-refractivity contribution >= 4 is 19.7 Å². The zero-order valence-corrected chi connectivity index (χ0v) is 55.7. The summed E-state index contributed by atoms with van der Waals surface area (Å²) >= 11 is 0. The van der Waals surface area contributed by atoms with Gasteiger partial charge >= 0.3 is 5.97 Å².